The van der Waals surface area contributed by atoms with Gasteiger partial charge in [0.25, 0.3) is 5.91 Å². The fraction of sp³-hybridized carbons (Fsp3) is 0.125. The second-order valence-electron chi connectivity index (χ2n) is 4.78. The number of halogens is 3. The van der Waals surface area contributed by atoms with Gasteiger partial charge >= 0.3 is 5.97 Å². The van der Waals surface area contributed by atoms with Crippen molar-refractivity contribution in [2.75, 3.05) is 5.32 Å². The van der Waals surface area contributed by atoms with Gasteiger partial charge in [0, 0.05) is 6.20 Å². The highest BCUT2D eigenvalue weighted by Gasteiger charge is 2.24. The van der Waals surface area contributed by atoms with Crippen molar-refractivity contribution in [3.8, 4) is 6.07 Å². The maximum absolute atomic E-state index is 12.2. The molecule has 0 fully saturated rings. The first kappa shape index (κ1) is 19.0. The lowest BCUT2D eigenvalue weighted by Gasteiger charge is -2.14. The number of rotatable bonds is 4. The summed E-state index contributed by atoms with van der Waals surface area (Å²) < 4.78 is 5.04. The van der Waals surface area contributed by atoms with Crippen LogP contribution in [0.3, 0.4) is 0 Å². The molecule has 0 spiro atoms. The third-order valence-electron chi connectivity index (χ3n) is 3.07. The van der Waals surface area contributed by atoms with E-state index in [-0.39, 0.29) is 26.3 Å². The normalized spacial score (nSPS) is 11.3. The molecule has 0 aliphatic rings. The lowest BCUT2D eigenvalue weighted by molar-refractivity contribution is -0.123. The van der Waals surface area contributed by atoms with Crippen LogP contribution in [0.15, 0.2) is 30.5 Å². The average molecular weight is 399 g/mol. The third-order valence-corrected chi connectivity index (χ3v) is 4.31. The van der Waals surface area contributed by atoms with E-state index in [2.05, 4.69) is 10.3 Å². The number of aromatic nitrogens is 1. The zero-order valence-corrected chi connectivity index (χ0v) is 15.0. The summed E-state index contributed by atoms with van der Waals surface area (Å²) in [6.07, 6.45) is -0.00754. The number of pyridine rings is 1. The molecule has 2 aromatic rings. The number of nitriles is 1. The van der Waals surface area contributed by atoms with Crippen LogP contribution in [0.5, 0.6) is 0 Å². The van der Waals surface area contributed by atoms with E-state index in [9.17, 15) is 9.59 Å². The smallest absolute Gasteiger partial charge is 0.359 e. The second kappa shape index (κ2) is 8.17. The Balaban J connectivity index is 2.10. The number of nitrogens with one attached hydrogen (secondary N) is 1. The van der Waals surface area contributed by atoms with Gasteiger partial charge in [-0.3, -0.25) is 4.79 Å². The number of para-hydroxylation sites is 1. The van der Waals surface area contributed by atoms with E-state index in [1.807, 2.05) is 6.07 Å². The third kappa shape index (κ3) is 4.40. The van der Waals surface area contributed by atoms with Gasteiger partial charge < -0.3 is 10.1 Å². The lowest BCUT2D eigenvalue weighted by Crippen LogP contribution is -2.30. The topological polar surface area (TPSA) is 92.1 Å². The van der Waals surface area contributed by atoms with Gasteiger partial charge in [-0.1, -0.05) is 46.9 Å². The van der Waals surface area contributed by atoms with Crippen molar-refractivity contribution in [2.24, 2.45) is 0 Å². The SMILES string of the molecule is C[C@H](OC(=O)c1ncc(Cl)c(Cl)c1Cl)C(=O)Nc1ccccc1C#N. The highest BCUT2D eigenvalue weighted by atomic mass is 35.5. The van der Waals surface area contributed by atoms with Crippen molar-refractivity contribution in [1.82, 2.24) is 4.98 Å². The Hall–Kier alpha value is -2.33. The standard InChI is InChI=1S/C16H10Cl3N3O3/c1-8(15(23)22-11-5-3-2-4-9(11)6-20)25-16(24)14-13(19)12(18)10(17)7-21-14/h2-5,7-8H,1H3,(H,22,23)/t8-/m0/s1. The largest absolute Gasteiger partial charge is 0.448 e. The Morgan fingerprint density at radius 2 is 1.92 bits per heavy atom. The molecule has 2 rings (SSSR count). The summed E-state index contributed by atoms with van der Waals surface area (Å²) in [6, 6.07) is 8.38. The molecule has 0 saturated heterocycles. The van der Waals surface area contributed by atoms with Gasteiger partial charge in [0.05, 0.1) is 26.3 Å². The molecule has 1 heterocycles. The Morgan fingerprint density at radius 1 is 1.24 bits per heavy atom. The highest BCUT2D eigenvalue weighted by Crippen LogP contribution is 2.31. The Morgan fingerprint density at radius 3 is 2.60 bits per heavy atom. The van der Waals surface area contributed by atoms with Crippen LogP contribution in [0.1, 0.15) is 23.0 Å². The molecular weight excluding hydrogens is 389 g/mol. The van der Waals surface area contributed by atoms with Gasteiger partial charge in [0.1, 0.15) is 6.07 Å². The minimum atomic E-state index is -1.16. The molecule has 0 aliphatic heterocycles. The molecule has 0 saturated carbocycles. The van der Waals surface area contributed by atoms with Crippen molar-refractivity contribution in [1.29, 1.82) is 5.26 Å². The van der Waals surface area contributed by atoms with Crippen LogP contribution in [-0.4, -0.2) is 23.0 Å². The van der Waals surface area contributed by atoms with Crippen LogP contribution < -0.4 is 5.32 Å². The summed E-state index contributed by atoms with van der Waals surface area (Å²) in [7, 11) is 0. The molecule has 128 valence electrons. The summed E-state index contributed by atoms with van der Waals surface area (Å²) in [4.78, 5) is 28.0. The van der Waals surface area contributed by atoms with Crippen LogP contribution in [0.2, 0.25) is 15.1 Å². The van der Waals surface area contributed by atoms with E-state index in [0.29, 0.717) is 5.69 Å². The van der Waals surface area contributed by atoms with E-state index in [1.165, 1.54) is 6.92 Å². The quantitative estimate of drug-likeness (QED) is 0.783. The number of nitrogens with zero attached hydrogens (tertiary/aromatic N) is 2. The Labute approximate surface area is 158 Å². The Kier molecular flexibility index (Phi) is 6.21. The van der Waals surface area contributed by atoms with Gasteiger partial charge in [0.15, 0.2) is 11.8 Å². The number of benzene rings is 1. The molecule has 0 bridgehead atoms. The fourth-order valence-electron chi connectivity index (χ4n) is 1.78. The fourth-order valence-corrected chi connectivity index (χ4v) is 2.34. The predicted octanol–water partition coefficient (Wildman–Crippen LogP) is 4.10. The second-order valence-corrected chi connectivity index (χ2v) is 5.94. The zero-order valence-electron chi connectivity index (χ0n) is 12.7. The van der Waals surface area contributed by atoms with Crippen molar-refractivity contribution in [3.63, 3.8) is 0 Å². The van der Waals surface area contributed by atoms with E-state index in [4.69, 9.17) is 44.8 Å². The minimum absolute atomic E-state index is 0.0367. The molecule has 0 radical (unpaired) electrons. The number of ether oxygens (including phenoxy) is 1. The maximum Gasteiger partial charge on any atom is 0.359 e. The van der Waals surface area contributed by atoms with Gasteiger partial charge in [-0.15, -0.1) is 0 Å². The number of carbonyl (C=O) groups is 2. The van der Waals surface area contributed by atoms with Gasteiger partial charge in [-0.25, -0.2) is 9.78 Å². The summed E-state index contributed by atoms with van der Waals surface area (Å²) in [5.74, 6) is -1.55. The molecule has 1 amide bonds. The number of amides is 1. The number of hydrogen-bond donors (Lipinski definition) is 1. The van der Waals surface area contributed by atoms with Crippen molar-refractivity contribution < 1.29 is 14.3 Å². The van der Waals surface area contributed by atoms with Crippen molar-refractivity contribution >= 4 is 52.4 Å². The van der Waals surface area contributed by atoms with E-state index < -0.39 is 18.0 Å². The minimum Gasteiger partial charge on any atom is -0.448 e. The molecule has 0 unspecified atom stereocenters. The summed E-state index contributed by atoms with van der Waals surface area (Å²) in [5.41, 5.74) is 0.334. The monoisotopic (exact) mass is 397 g/mol. The predicted molar refractivity (Wildman–Crippen MR) is 93.9 cm³/mol. The van der Waals surface area contributed by atoms with Crippen LogP contribution in [0.25, 0.3) is 0 Å². The van der Waals surface area contributed by atoms with Crippen LogP contribution in [-0.2, 0) is 9.53 Å². The molecule has 6 nitrogen and oxygen atoms in total. The summed E-state index contributed by atoms with van der Waals surface area (Å²) in [6.45, 7) is 1.37. The molecule has 1 N–H and O–H groups in total. The molecule has 1 aromatic carbocycles. The number of carbonyl (C=O) groups excluding carboxylic acids is 2. The molecule has 0 aliphatic carbocycles. The summed E-state index contributed by atoms with van der Waals surface area (Å²) >= 11 is 17.5. The van der Waals surface area contributed by atoms with Gasteiger partial charge in [0.2, 0.25) is 0 Å². The van der Waals surface area contributed by atoms with Crippen molar-refractivity contribution in [3.05, 3.63) is 56.8 Å². The van der Waals surface area contributed by atoms with Crippen molar-refractivity contribution in [2.45, 2.75) is 13.0 Å². The summed E-state index contributed by atoms with van der Waals surface area (Å²) in [5, 5.41) is 11.4. The van der Waals surface area contributed by atoms with E-state index >= 15 is 0 Å². The van der Waals surface area contributed by atoms with Gasteiger partial charge in [-0.05, 0) is 19.1 Å². The van der Waals surface area contributed by atoms with Crippen LogP contribution >= 0.6 is 34.8 Å². The van der Waals surface area contributed by atoms with E-state index in [1.54, 1.807) is 24.3 Å². The first-order valence-electron chi connectivity index (χ1n) is 6.85. The van der Waals surface area contributed by atoms with E-state index in [0.717, 1.165) is 6.20 Å². The zero-order chi connectivity index (χ0) is 18.6. The van der Waals surface area contributed by atoms with Crippen LogP contribution in [0.4, 0.5) is 5.69 Å². The molecule has 1 atom stereocenters. The number of esters is 1. The first-order valence-corrected chi connectivity index (χ1v) is 7.99. The molecule has 1 aromatic heterocycles. The molecular formula is C16H10Cl3N3O3. The lowest BCUT2D eigenvalue weighted by atomic mass is 10.2. The number of hydrogen-bond acceptors (Lipinski definition) is 5. The average Bonchev–Trinajstić information content (AvgIpc) is 2.60. The van der Waals surface area contributed by atoms with Gasteiger partial charge in [-0.2, -0.15) is 5.26 Å². The first-order chi connectivity index (χ1) is 11.8. The number of anilines is 1. The highest BCUT2D eigenvalue weighted by molar-refractivity contribution is 6.48. The van der Waals surface area contributed by atoms with Crippen LogP contribution in [0, 0.1) is 11.3 Å². The Bertz CT molecular complexity index is 881. The molecule has 9 heteroatoms. The molecule has 25 heavy (non-hydrogen) atoms. The maximum atomic E-state index is 12.2.